The maximum absolute atomic E-state index is 4.92. The number of ether oxygens (including phenoxy) is 2. The highest BCUT2D eigenvalue weighted by Gasteiger charge is 2.00. The first-order chi connectivity index (χ1) is 4.85. The van der Waals surface area contributed by atoms with Crippen LogP contribution in [0.5, 0.6) is 0 Å². The van der Waals surface area contributed by atoms with Gasteiger partial charge in [0.25, 0.3) is 0 Å². The predicted molar refractivity (Wildman–Crippen MR) is 45.2 cm³/mol. The molecular weight excluding hydrogens is 146 g/mol. The first-order valence-corrected chi connectivity index (χ1v) is 5.05. The van der Waals surface area contributed by atoms with Crippen LogP contribution in [0.4, 0.5) is 0 Å². The van der Waals surface area contributed by atoms with Gasteiger partial charge in [0.15, 0.2) is 0 Å². The lowest BCUT2D eigenvalue weighted by Crippen LogP contribution is -2.33. The molecular formula is C6H17NO2Si. The normalized spacial score (nSPS) is 11.1. The van der Waals surface area contributed by atoms with Gasteiger partial charge in [-0.1, -0.05) is 6.04 Å². The van der Waals surface area contributed by atoms with Gasteiger partial charge in [0.05, 0.1) is 0 Å². The zero-order valence-corrected chi connectivity index (χ0v) is 9.02. The third-order valence-corrected chi connectivity index (χ3v) is 1.98. The summed E-state index contributed by atoms with van der Waals surface area (Å²) in [5.41, 5.74) is 0. The van der Waals surface area contributed by atoms with Crippen molar-refractivity contribution in [1.82, 2.24) is 5.32 Å². The highest BCUT2D eigenvalue weighted by molar-refractivity contribution is 6.08. The van der Waals surface area contributed by atoms with E-state index in [2.05, 4.69) is 5.32 Å². The standard InChI is InChI=1S/C6H17NO2Si/c1-8-6(9-2)7-4-3-5-10/h6-7H,3-5H2,1-2,10H3. The van der Waals surface area contributed by atoms with Crippen LogP contribution >= 0.6 is 0 Å². The first-order valence-electron chi connectivity index (χ1n) is 3.64. The van der Waals surface area contributed by atoms with Crippen molar-refractivity contribution in [2.24, 2.45) is 0 Å². The summed E-state index contributed by atoms with van der Waals surface area (Å²) in [5, 5.41) is 3.10. The van der Waals surface area contributed by atoms with Gasteiger partial charge in [-0.05, 0) is 13.0 Å². The minimum absolute atomic E-state index is 0.229. The average molecular weight is 163 g/mol. The molecule has 0 rings (SSSR count). The van der Waals surface area contributed by atoms with Crippen LogP contribution in [-0.2, 0) is 9.47 Å². The highest BCUT2D eigenvalue weighted by atomic mass is 28.1. The Bertz CT molecular complexity index is 68.8. The van der Waals surface area contributed by atoms with Crippen molar-refractivity contribution in [3.63, 3.8) is 0 Å². The van der Waals surface area contributed by atoms with Gasteiger partial charge in [-0.2, -0.15) is 0 Å². The highest BCUT2D eigenvalue weighted by Crippen LogP contribution is 1.86. The Labute approximate surface area is 65.5 Å². The van der Waals surface area contributed by atoms with E-state index in [1.807, 2.05) is 0 Å². The van der Waals surface area contributed by atoms with Gasteiger partial charge in [0.2, 0.25) is 6.41 Å². The molecule has 0 amide bonds. The van der Waals surface area contributed by atoms with Gasteiger partial charge < -0.3 is 9.47 Å². The molecule has 0 radical (unpaired) electrons. The van der Waals surface area contributed by atoms with Crippen molar-refractivity contribution < 1.29 is 9.47 Å². The minimum Gasteiger partial charge on any atom is -0.343 e. The quantitative estimate of drug-likeness (QED) is 0.320. The van der Waals surface area contributed by atoms with Gasteiger partial charge in [-0.15, -0.1) is 0 Å². The third-order valence-electron chi connectivity index (χ3n) is 1.27. The number of rotatable bonds is 6. The minimum atomic E-state index is -0.229. The molecule has 4 heteroatoms. The smallest absolute Gasteiger partial charge is 0.215 e. The fourth-order valence-corrected chi connectivity index (χ4v) is 1.01. The molecule has 0 aromatic carbocycles. The van der Waals surface area contributed by atoms with Crippen LogP contribution in [0.15, 0.2) is 0 Å². The SMILES string of the molecule is COC(NCCC[SiH3])OC. The summed E-state index contributed by atoms with van der Waals surface area (Å²) in [5.74, 6) is 0. The van der Waals surface area contributed by atoms with Crippen molar-refractivity contribution >= 4 is 10.2 Å². The predicted octanol–water partition coefficient (Wildman–Crippen LogP) is -0.674. The second-order valence-corrected chi connectivity index (χ2v) is 3.11. The molecule has 0 aromatic rings. The third kappa shape index (κ3) is 4.93. The van der Waals surface area contributed by atoms with E-state index in [9.17, 15) is 0 Å². The fourth-order valence-electron chi connectivity index (χ4n) is 0.660. The van der Waals surface area contributed by atoms with Gasteiger partial charge in [-0.25, -0.2) is 0 Å². The van der Waals surface area contributed by atoms with Crippen LogP contribution in [-0.4, -0.2) is 37.4 Å². The Morgan fingerprint density at radius 1 is 1.40 bits per heavy atom. The Morgan fingerprint density at radius 2 is 2.00 bits per heavy atom. The Kier molecular flexibility index (Phi) is 7.28. The van der Waals surface area contributed by atoms with E-state index in [0.29, 0.717) is 0 Å². The lowest BCUT2D eigenvalue weighted by molar-refractivity contribution is -0.122. The summed E-state index contributed by atoms with van der Waals surface area (Å²) in [6.45, 7) is 0.982. The van der Waals surface area contributed by atoms with Crippen molar-refractivity contribution in [2.45, 2.75) is 18.9 Å². The van der Waals surface area contributed by atoms with Crippen molar-refractivity contribution in [1.29, 1.82) is 0 Å². The number of hydrogen-bond acceptors (Lipinski definition) is 3. The second-order valence-electron chi connectivity index (χ2n) is 2.11. The topological polar surface area (TPSA) is 30.5 Å². The van der Waals surface area contributed by atoms with Crippen LogP contribution < -0.4 is 5.32 Å². The fraction of sp³-hybridized carbons (Fsp3) is 1.00. The largest absolute Gasteiger partial charge is 0.343 e. The maximum Gasteiger partial charge on any atom is 0.215 e. The van der Waals surface area contributed by atoms with E-state index in [1.165, 1.54) is 22.7 Å². The van der Waals surface area contributed by atoms with E-state index in [-0.39, 0.29) is 6.41 Å². The number of hydrogen-bond donors (Lipinski definition) is 1. The molecule has 0 heterocycles. The van der Waals surface area contributed by atoms with Crippen molar-refractivity contribution in [3.8, 4) is 0 Å². The van der Waals surface area contributed by atoms with Crippen LogP contribution in [0.25, 0.3) is 0 Å². The molecule has 0 aliphatic heterocycles. The summed E-state index contributed by atoms with van der Waals surface area (Å²) >= 11 is 0. The Balaban J connectivity index is 3.09. The molecule has 62 valence electrons. The molecule has 3 nitrogen and oxygen atoms in total. The van der Waals surface area contributed by atoms with Crippen molar-refractivity contribution in [2.75, 3.05) is 20.8 Å². The Hall–Kier alpha value is 0.0969. The molecule has 0 unspecified atom stereocenters. The average Bonchev–Trinajstić information content (AvgIpc) is 1.99. The maximum atomic E-state index is 4.92. The molecule has 0 aromatic heterocycles. The van der Waals surface area contributed by atoms with Gasteiger partial charge >= 0.3 is 0 Å². The van der Waals surface area contributed by atoms with Gasteiger partial charge in [0, 0.05) is 24.5 Å². The monoisotopic (exact) mass is 163 g/mol. The summed E-state index contributed by atoms with van der Waals surface area (Å²) in [4.78, 5) is 0. The molecule has 10 heavy (non-hydrogen) atoms. The van der Waals surface area contributed by atoms with E-state index in [0.717, 1.165) is 6.54 Å². The van der Waals surface area contributed by atoms with E-state index >= 15 is 0 Å². The molecule has 0 fully saturated rings. The lowest BCUT2D eigenvalue weighted by atomic mass is 10.5. The zero-order valence-electron chi connectivity index (χ0n) is 7.02. The molecule has 0 bridgehead atoms. The number of nitrogens with one attached hydrogen (secondary N) is 1. The van der Waals surface area contributed by atoms with Crippen LogP contribution in [0.2, 0.25) is 6.04 Å². The van der Waals surface area contributed by atoms with Crippen LogP contribution in [0.1, 0.15) is 6.42 Å². The number of methoxy groups -OCH3 is 2. The second kappa shape index (κ2) is 7.21. The molecule has 0 aliphatic rings. The molecule has 0 spiro atoms. The molecule has 0 saturated carbocycles. The zero-order chi connectivity index (χ0) is 7.82. The van der Waals surface area contributed by atoms with Crippen LogP contribution in [0, 0.1) is 0 Å². The van der Waals surface area contributed by atoms with Gasteiger partial charge in [-0.3, -0.25) is 5.32 Å². The van der Waals surface area contributed by atoms with Crippen molar-refractivity contribution in [3.05, 3.63) is 0 Å². The molecule has 0 atom stereocenters. The molecule has 0 aliphatic carbocycles. The van der Waals surface area contributed by atoms with E-state index in [1.54, 1.807) is 14.2 Å². The summed E-state index contributed by atoms with van der Waals surface area (Å²) in [6.07, 6.45) is 0.989. The molecule has 1 N–H and O–H groups in total. The molecule has 0 saturated heterocycles. The van der Waals surface area contributed by atoms with Crippen LogP contribution in [0.3, 0.4) is 0 Å². The van der Waals surface area contributed by atoms with Gasteiger partial charge in [0.1, 0.15) is 0 Å². The van der Waals surface area contributed by atoms with E-state index < -0.39 is 0 Å². The lowest BCUT2D eigenvalue weighted by Gasteiger charge is -2.13. The summed E-state index contributed by atoms with van der Waals surface area (Å²) in [6, 6.07) is 1.33. The first kappa shape index (κ1) is 10.1. The Morgan fingerprint density at radius 3 is 2.40 bits per heavy atom. The van der Waals surface area contributed by atoms with E-state index in [4.69, 9.17) is 9.47 Å². The summed E-state index contributed by atoms with van der Waals surface area (Å²) < 4.78 is 9.85. The summed E-state index contributed by atoms with van der Waals surface area (Å²) in [7, 11) is 4.53.